The summed E-state index contributed by atoms with van der Waals surface area (Å²) in [5, 5.41) is 9.04. The number of ether oxygens (including phenoxy) is 1. The van der Waals surface area contributed by atoms with Crippen LogP contribution in [0.3, 0.4) is 0 Å². The quantitative estimate of drug-likeness (QED) is 0.853. The van der Waals surface area contributed by atoms with Crippen molar-refractivity contribution < 1.29 is 13.2 Å². The lowest BCUT2D eigenvalue weighted by Gasteiger charge is -2.34. The van der Waals surface area contributed by atoms with Crippen molar-refractivity contribution in [1.82, 2.24) is 4.31 Å². The Morgan fingerprint density at radius 2 is 2.31 bits per heavy atom. The van der Waals surface area contributed by atoms with E-state index in [1.165, 1.54) is 4.31 Å². The highest BCUT2D eigenvalue weighted by molar-refractivity contribution is 7.86. The van der Waals surface area contributed by atoms with E-state index in [1.807, 2.05) is 23.8 Å². The van der Waals surface area contributed by atoms with Gasteiger partial charge >= 0.3 is 0 Å². The Hall–Kier alpha value is -0.470. The standard InChI is InChI=1S/C9H14N2O3S2/c1-7-4-11(16(10,12)13)5-9(14-7)8-2-3-15-6-8/h2-3,6-7,9H,4-5H2,1H3,(H2,10,12,13). The van der Waals surface area contributed by atoms with Crippen molar-refractivity contribution in [3.63, 3.8) is 0 Å². The maximum atomic E-state index is 11.3. The number of rotatable bonds is 2. The second-order valence-electron chi connectivity index (χ2n) is 3.85. The predicted octanol–water partition coefficient (Wildman–Crippen LogP) is 0.713. The van der Waals surface area contributed by atoms with Crippen molar-refractivity contribution >= 4 is 21.5 Å². The Morgan fingerprint density at radius 3 is 2.88 bits per heavy atom. The molecule has 2 heterocycles. The average molecular weight is 262 g/mol. The number of nitrogens with zero attached hydrogens (tertiary/aromatic N) is 1. The van der Waals surface area contributed by atoms with Crippen molar-refractivity contribution in [1.29, 1.82) is 0 Å². The lowest BCUT2D eigenvalue weighted by Crippen LogP contribution is -2.48. The molecule has 90 valence electrons. The lowest BCUT2D eigenvalue weighted by atomic mass is 10.1. The van der Waals surface area contributed by atoms with Gasteiger partial charge in [0.25, 0.3) is 10.2 Å². The van der Waals surface area contributed by atoms with Crippen molar-refractivity contribution in [2.45, 2.75) is 19.1 Å². The van der Waals surface area contributed by atoms with Crippen molar-refractivity contribution in [3.8, 4) is 0 Å². The summed E-state index contributed by atoms with van der Waals surface area (Å²) in [4.78, 5) is 0. The molecule has 0 amide bonds. The second kappa shape index (κ2) is 4.42. The van der Waals surface area contributed by atoms with Crippen LogP contribution >= 0.6 is 11.3 Å². The number of hydrogen-bond acceptors (Lipinski definition) is 4. The Balaban J connectivity index is 2.18. The van der Waals surface area contributed by atoms with Gasteiger partial charge in [-0.1, -0.05) is 0 Å². The van der Waals surface area contributed by atoms with Gasteiger partial charge in [-0.2, -0.15) is 24.1 Å². The molecule has 0 radical (unpaired) electrons. The molecule has 2 rings (SSSR count). The number of morpholine rings is 1. The van der Waals surface area contributed by atoms with E-state index < -0.39 is 10.2 Å². The molecule has 0 spiro atoms. The van der Waals surface area contributed by atoms with Gasteiger partial charge in [-0.25, -0.2) is 5.14 Å². The molecular formula is C9H14N2O3S2. The molecule has 1 fully saturated rings. The minimum atomic E-state index is -3.63. The number of thiophene rings is 1. The van der Waals surface area contributed by atoms with Crippen LogP contribution in [-0.2, 0) is 14.9 Å². The first kappa shape index (κ1) is 12.0. The van der Waals surface area contributed by atoms with Crippen LogP contribution in [0, 0.1) is 0 Å². The summed E-state index contributed by atoms with van der Waals surface area (Å²) in [6.07, 6.45) is -0.356. The van der Waals surface area contributed by atoms with Gasteiger partial charge in [0.05, 0.1) is 12.2 Å². The molecule has 2 unspecified atom stereocenters. The minimum Gasteiger partial charge on any atom is -0.368 e. The van der Waals surface area contributed by atoms with Crippen LogP contribution in [0.15, 0.2) is 16.8 Å². The van der Waals surface area contributed by atoms with E-state index in [0.29, 0.717) is 13.1 Å². The summed E-state index contributed by atoms with van der Waals surface area (Å²) in [7, 11) is -3.63. The molecule has 16 heavy (non-hydrogen) atoms. The molecule has 1 saturated heterocycles. The van der Waals surface area contributed by atoms with E-state index in [9.17, 15) is 8.42 Å². The fourth-order valence-corrected chi connectivity index (χ4v) is 3.23. The molecule has 7 heteroatoms. The van der Waals surface area contributed by atoms with Gasteiger partial charge in [-0.05, 0) is 29.3 Å². The summed E-state index contributed by atoms with van der Waals surface area (Å²) in [5.41, 5.74) is 1.00. The summed E-state index contributed by atoms with van der Waals surface area (Å²) in [6.45, 7) is 2.45. The molecule has 0 saturated carbocycles. The van der Waals surface area contributed by atoms with Crippen LogP contribution < -0.4 is 5.14 Å². The second-order valence-corrected chi connectivity index (χ2v) is 6.18. The van der Waals surface area contributed by atoms with Gasteiger partial charge in [0.2, 0.25) is 0 Å². The zero-order chi connectivity index (χ0) is 11.8. The van der Waals surface area contributed by atoms with E-state index in [4.69, 9.17) is 9.88 Å². The van der Waals surface area contributed by atoms with E-state index in [-0.39, 0.29) is 12.2 Å². The van der Waals surface area contributed by atoms with Gasteiger partial charge in [0, 0.05) is 13.1 Å². The van der Waals surface area contributed by atoms with Crippen LogP contribution in [0.25, 0.3) is 0 Å². The third kappa shape index (κ3) is 2.61. The maximum Gasteiger partial charge on any atom is 0.277 e. The first-order chi connectivity index (χ1) is 7.47. The minimum absolute atomic E-state index is 0.142. The highest BCUT2D eigenvalue weighted by Crippen LogP contribution is 2.27. The molecule has 5 nitrogen and oxygen atoms in total. The molecule has 0 bridgehead atoms. The van der Waals surface area contributed by atoms with Gasteiger partial charge in [0.1, 0.15) is 0 Å². The summed E-state index contributed by atoms with van der Waals surface area (Å²) in [6, 6.07) is 1.94. The third-order valence-corrected chi connectivity index (χ3v) is 4.22. The largest absolute Gasteiger partial charge is 0.368 e. The Kier molecular flexibility index (Phi) is 3.32. The van der Waals surface area contributed by atoms with E-state index in [0.717, 1.165) is 5.56 Å². The Bertz CT molecular complexity index is 443. The van der Waals surface area contributed by atoms with Crippen LogP contribution in [0.5, 0.6) is 0 Å². The van der Waals surface area contributed by atoms with Gasteiger partial charge < -0.3 is 4.74 Å². The van der Waals surface area contributed by atoms with Crippen LogP contribution in [0.4, 0.5) is 0 Å². The van der Waals surface area contributed by atoms with Crippen molar-refractivity contribution in [3.05, 3.63) is 22.4 Å². The van der Waals surface area contributed by atoms with Crippen LogP contribution in [0.2, 0.25) is 0 Å². The average Bonchev–Trinajstić information content (AvgIpc) is 2.68. The molecular weight excluding hydrogens is 248 g/mol. The molecule has 0 aliphatic carbocycles. The highest BCUT2D eigenvalue weighted by Gasteiger charge is 2.31. The Morgan fingerprint density at radius 1 is 1.56 bits per heavy atom. The molecule has 1 aliphatic rings. The van der Waals surface area contributed by atoms with E-state index in [1.54, 1.807) is 11.3 Å². The zero-order valence-corrected chi connectivity index (χ0v) is 10.5. The zero-order valence-electron chi connectivity index (χ0n) is 8.87. The molecule has 1 aliphatic heterocycles. The normalized spacial score (nSPS) is 28.1. The fourth-order valence-electron chi connectivity index (χ4n) is 1.76. The summed E-state index contributed by atoms with van der Waals surface area (Å²) < 4.78 is 29.6. The molecule has 2 N–H and O–H groups in total. The summed E-state index contributed by atoms with van der Waals surface area (Å²) >= 11 is 1.56. The lowest BCUT2D eigenvalue weighted by molar-refractivity contribution is -0.0555. The highest BCUT2D eigenvalue weighted by atomic mass is 32.2. The van der Waals surface area contributed by atoms with Gasteiger partial charge in [0.15, 0.2) is 0 Å². The SMILES string of the molecule is CC1CN(S(N)(=O)=O)CC(c2ccsc2)O1. The maximum absolute atomic E-state index is 11.3. The van der Waals surface area contributed by atoms with Crippen LogP contribution in [0.1, 0.15) is 18.6 Å². The van der Waals surface area contributed by atoms with Crippen molar-refractivity contribution in [2.75, 3.05) is 13.1 Å². The smallest absolute Gasteiger partial charge is 0.277 e. The number of hydrogen-bond donors (Lipinski definition) is 1. The molecule has 2 atom stereocenters. The monoisotopic (exact) mass is 262 g/mol. The van der Waals surface area contributed by atoms with E-state index in [2.05, 4.69) is 0 Å². The third-order valence-electron chi connectivity index (χ3n) is 2.50. The Labute approximate surface area is 99.0 Å². The predicted molar refractivity (Wildman–Crippen MR) is 62.3 cm³/mol. The number of nitrogens with two attached hydrogens (primary N) is 1. The molecule has 1 aromatic rings. The topological polar surface area (TPSA) is 72.6 Å². The molecule has 0 aromatic carbocycles. The molecule has 1 aromatic heterocycles. The van der Waals surface area contributed by atoms with Gasteiger partial charge in [-0.15, -0.1) is 0 Å². The first-order valence-electron chi connectivity index (χ1n) is 4.92. The van der Waals surface area contributed by atoms with Gasteiger partial charge in [-0.3, -0.25) is 0 Å². The summed E-state index contributed by atoms with van der Waals surface area (Å²) in [5.74, 6) is 0. The first-order valence-corrected chi connectivity index (χ1v) is 7.37. The van der Waals surface area contributed by atoms with Crippen LogP contribution in [-0.4, -0.2) is 31.9 Å². The van der Waals surface area contributed by atoms with E-state index >= 15 is 0 Å². The fraction of sp³-hybridized carbons (Fsp3) is 0.556. The van der Waals surface area contributed by atoms with Crippen molar-refractivity contribution in [2.24, 2.45) is 5.14 Å².